The van der Waals surface area contributed by atoms with E-state index in [9.17, 15) is 14.4 Å². The van der Waals surface area contributed by atoms with Gasteiger partial charge in [-0.15, -0.1) is 0 Å². The Hall–Kier alpha value is -1.19. The molecule has 0 spiro atoms. The molecule has 0 aromatic heterocycles. The maximum atomic E-state index is 12.3. The van der Waals surface area contributed by atoms with Crippen molar-refractivity contribution in [2.75, 3.05) is 6.54 Å². The van der Waals surface area contributed by atoms with Crippen molar-refractivity contribution in [2.45, 2.75) is 90.5 Å². The Labute approximate surface area is 134 Å². The summed E-state index contributed by atoms with van der Waals surface area (Å²) in [7, 11) is 0. The molecule has 1 fully saturated rings. The molecule has 4 nitrogen and oxygen atoms in total. The van der Waals surface area contributed by atoms with Crippen LogP contribution in [0, 0.1) is 0 Å². The predicted octanol–water partition coefficient (Wildman–Crippen LogP) is 3.67. The third kappa shape index (κ3) is 6.29. The van der Waals surface area contributed by atoms with E-state index in [4.69, 9.17) is 0 Å². The van der Waals surface area contributed by atoms with Crippen molar-refractivity contribution in [2.24, 2.45) is 0 Å². The fourth-order valence-corrected chi connectivity index (χ4v) is 3.12. The molecular formula is C18H31NO3. The van der Waals surface area contributed by atoms with Gasteiger partial charge in [0.15, 0.2) is 5.78 Å². The van der Waals surface area contributed by atoms with Crippen molar-refractivity contribution in [3.8, 4) is 0 Å². The first-order valence-electron chi connectivity index (χ1n) is 8.94. The summed E-state index contributed by atoms with van der Waals surface area (Å²) in [5.74, 6) is 0.0166. The Morgan fingerprint density at radius 3 is 2.36 bits per heavy atom. The molecular weight excluding hydrogens is 278 g/mol. The van der Waals surface area contributed by atoms with Crippen LogP contribution in [0.4, 0.5) is 0 Å². The Morgan fingerprint density at radius 1 is 1.09 bits per heavy atom. The first kappa shape index (κ1) is 18.9. The molecule has 0 aliphatic carbocycles. The maximum Gasteiger partial charge on any atom is 0.223 e. The monoisotopic (exact) mass is 309 g/mol. The lowest BCUT2D eigenvalue weighted by atomic mass is 10.00. The van der Waals surface area contributed by atoms with E-state index in [0.29, 0.717) is 25.8 Å². The van der Waals surface area contributed by atoms with Crippen molar-refractivity contribution in [3.63, 3.8) is 0 Å². The lowest BCUT2D eigenvalue weighted by molar-refractivity contribution is -0.138. The maximum absolute atomic E-state index is 12.3. The van der Waals surface area contributed by atoms with Crippen molar-refractivity contribution >= 4 is 17.5 Å². The van der Waals surface area contributed by atoms with E-state index in [1.165, 1.54) is 25.7 Å². The van der Waals surface area contributed by atoms with Crippen LogP contribution >= 0.6 is 0 Å². The molecule has 0 aromatic rings. The lowest BCUT2D eigenvalue weighted by Crippen LogP contribution is -2.42. The quantitative estimate of drug-likeness (QED) is 0.408. The van der Waals surface area contributed by atoms with Gasteiger partial charge in [-0.2, -0.15) is 0 Å². The summed E-state index contributed by atoms with van der Waals surface area (Å²) in [5.41, 5.74) is 0. The summed E-state index contributed by atoms with van der Waals surface area (Å²) in [4.78, 5) is 37.6. The summed E-state index contributed by atoms with van der Waals surface area (Å²) >= 11 is 0. The van der Waals surface area contributed by atoms with Gasteiger partial charge in [0, 0.05) is 19.4 Å². The second kappa shape index (κ2) is 10.5. The Morgan fingerprint density at radius 2 is 1.77 bits per heavy atom. The molecule has 22 heavy (non-hydrogen) atoms. The third-order valence-corrected chi connectivity index (χ3v) is 4.43. The standard InChI is InChI=1S/C18H31NO3/c1-3-5-6-7-8-9-11-15(20)14-17(21)16(4-2)19-13-10-12-18(19)22/h16H,3-14H2,1-2H3/t16-/m0/s1. The van der Waals surface area contributed by atoms with Crippen molar-refractivity contribution in [1.29, 1.82) is 0 Å². The second-order valence-corrected chi connectivity index (χ2v) is 6.31. The average Bonchev–Trinajstić information content (AvgIpc) is 2.90. The minimum Gasteiger partial charge on any atom is -0.333 e. The number of hydrogen-bond acceptors (Lipinski definition) is 3. The molecule has 0 aromatic carbocycles. The largest absolute Gasteiger partial charge is 0.333 e. The van der Waals surface area contributed by atoms with Crippen LogP contribution in [0.2, 0.25) is 0 Å². The Bertz CT molecular complexity index is 379. The van der Waals surface area contributed by atoms with Gasteiger partial charge in [-0.1, -0.05) is 46.0 Å². The van der Waals surface area contributed by atoms with E-state index in [2.05, 4.69) is 6.92 Å². The van der Waals surface area contributed by atoms with Crippen LogP contribution in [0.3, 0.4) is 0 Å². The van der Waals surface area contributed by atoms with Crippen LogP contribution in [-0.4, -0.2) is 35.0 Å². The minimum absolute atomic E-state index is 0.00273. The van der Waals surface area contributed by atoms with Crippen LogP contribution in [0.15, 0.2) is 0 Å². The number of rotatable bonds is 12. The molecule has 4 heteroatoms. The molecule has 1 saturated heterocycles. The van der Waals surface area contributed by atoms with Gasteiger partial charge in [-0.05, 0) is 19.3 Å². The third-order valence-electron chi connectivity index (χ3n) is 4.43. The number of likely N-dealkylation sites (tertiary alicyclic amines) is 1. The Kier molecular flexibility index (Phi) is 9.02. The molecule has 0 radical (unpaired) electrons. The zero-order valence-corrected chi connectivity index (χ0v) is 14.2. The molecule has 1 aliphatic heterocycles. The SMILES string of the molecule is CCCCCCCCC(=O)CC(=O)[C@H](CC)N1CCCC1=O. The van der Waals surface area contributed by atoms with Gasteiger partial charge in [0.1, 0.15) is 5.78 Å². The minimum atomic E-state index is -0.386. The fourth-order valence-electron chi connectivity index (χ4n) is 3.12. The van der Waals surface area contributed by atoms with Crippen LogP contribution in [0.25, 0.3) is 0 Å². The van der Waals surface area contributed by atoms with Crippen molar-refractivity contribution in [1.82, 2.24) is 4.90 Å². The van der Waals surface area contributed by atoms with E-state index < -0.39 is 0 Å². The molecule has 1 amide bonds. The summed E-state index contributed by atoms with van der Waals surface area (Å²) in [6, 6.07) is -0.386. The molecule has 0 bridgehead atoms. The Balaban J connectivity index is 2.27. The van der Waals surface area contributed by atoms with Crippen LogP contribution in [0.1, 0.15) is 84.5 Å². The number of amides is 1. The van der Waals surface area contributed by atoms with E-state index in [1.807, 2.05) is 6.92 Å². The normalized spacial score (nSPS) is 16.1. The molecule has 1 atom stereocenters. The van der Waals surface area contributed by atoms with Gasteiger partial charge in [0.25, 0.3) is 0 Å². The molecule has 1 heterocycles. The van der Waals surface area contributed by atoms with E-state index in [1.54, 1.807) is 4.90 Å². The predicted molar refractivity (Wildman–Crippen MR) is 87.7 cm³/mol. The van der Waals surface area contributed by atoms with E-state index in [-0.39, 0.29) is 29.9 Å². The van der Waals surface area contributed by atoms with Crippen LogP contribution in [0.5, 0.6) is 0 Å². The topological polar surface area (TPSA) is 54.5 Å². The summed E-state index contributed by atoms with van der Waals surface area (Å²) < 4.78 is 0. The number of unbranched alkanes of at least 4 members (excludes halogenated alkanes) is 5. The van der Waals surface area contributed by atoms with Crippen molar-refractivity contribution in [3.05, 3.63) is 0 Å². The number of hydrogen-bond donors (Lipinski definition) is 0. The smallest absolute Gasteiger partial charge is 0.223 e. The van der Waals surface area contributed by atoms with Gasteiger partial charge in [0.05, 0.1) is 12.5 Å². The van der Waals surface area contributed by atoms with Gasteiger partial charge >= 0.3 is 0 Å². The summed E-state index contributed by atoms with van der Waals surface area (Å²) in [6.45, 7) is 4.76. The van der Waals surface area contributed by atoms with Gasteiger partial charge in [-0.3, -0.25) is 14.4 Å². The average molecular weight is 309 g/mol. The van der Waals surface area contributed by atoms with Gasteiger partial charge < -0.3 is 4.90 Å². The van der Waals surface area contributed by atoms with E-state index >= 15 is 0 Å². The highest BCUT2D eigenvalue weighted by molar-refractivity contribution is 6.02. The first-order chi connectivity index (χ1) is 10.6. The highest BCUT2D eigenvalue weighted by atomic mass is 16.2. The van der Waals surface area contributed by atoms with Gasteiger partial charge in [-0.25, -0.2) is 0 Å². The highest BCUT2D eigenvalue weighted by Gasteiger charge is 2.31. The van der Waals surface area contributed by atoms with Gasteiger partial charge in [0.2, 0.25) is 5.91 Å². The number of nitrogens with zero attached hydrogens (tertiary/aromatic N) is 1. The summed E-state index contributed by atoms with van der Waals surface area (Å²) in [6.07, 6.45) is 9.32. The molecule has 0 saturated carbocycles. The number of Topliss-reactive ketones (excluding diaryl/α,β-unsaturated/α-hetero) is 2. The molecule has 1 rings (SSSR count). The van der Waals surface area contributed by atoms with E-state index in [0.717, 1.165) is 19.3 Å². The molecule has 0 N–H and O–H groups in total. The van der Waals surface area contributed by atoms with Crippen LogP contribution in [-0.2, 0) is 14.4 Å². The van der Waals surface area contributed by atoms with Crippen molar-refractivity contribution < 1.29 is 14.4 Å². The first-order valence-corrected chi connectivity index (χ1v) is 8.94. The zero-order valence-electron chi connectivity index (χ0n) is 14.2. The highest BCUT2D eigenvalue weighted by Crippen LogP contribution is 2.18. The number of carbonyl (C=O) groups is 3. The second-order valence-electron chi connectivity index (χ2n) is 6.31. The lowest BCUT2D eigenvalue weighted by Gasteiger charge is -2.25. The van der Waals surface area contributed by atoms with Crippen LogP contribution < -0.4 is 0 Å². The zero-order chi connectivity index (χ0) is 16.4. The molecule has 1 aliphatic rings. The summed E-state index contributed by atoms with van der Waals surface area (Å²) in [5, 5.41) is 0. The number of ketones is 2. The number of carbonyl (C=O) groups excluding carboxylic acids is 3. The molecule has 0 unspecified atom stereocenters. The molecule has 126 valence electrons. The fraction of sp³-hybridized carbons (Fsp3) is 0.833.